The van der Waals surface area contributed by atoms with E-state index in [1.165, 1.54) is 33.3 Å². The second-order valence-electron chi connectivity index (χ2n) is 8.75. The monoisotopic (exact) mass is 517 g/mol. The molecule has 0 spiro atoms. The van der Waals surface area contributed by atoms with E-state index < -0.39 is 10.0 Å². The van der Waals surface area contributed by atoms with Gasteiger partial charge < -0.3 is 4.57 Å². The minimum Gasteiger partial charge on any atom is -0.313 e. The van der Waals surface area contributed by atoms with Gasteiger partial charge in [0.15, 0.2) is 4.80 Å². The molecule has 4 rings (SSSR count). The van der Waals surface area contributed by atoms with Gasteiger partial charge in [-0.15, -0.1) is 6.58 Å². The zero-order valence-electron chi connectivity index (χ0n) is 19.3. The molecule has 0 atom stereocenters. The van der Waals surface area contributed by atoms with Gasteiger partial charge in [-0.05, 0) is 60.7 Å². The highest BCUT2D eigenvalue weighted by molar-refractivity contribution is 7.89. The summed E-state index contributed by atoms with van der Waals surface area (Å²) in [6, 6.07) is 12.5. The number of hydrogen-bond donors (Lipinski definition) is 0. The fourth-order valence-corrected chi connectivity index (χ4v) is 6.81. The van der Waals surface area contributed by atoms with Gasteiger partial charge in [0.2, 0.25) is 10.0 Å². The molecule has 0 unspecified atom stereocenters. The van der Waals surface area contributed by atoms with Crippen LogP contribution in [-0.4, -0.2) is 36.3 Å². The lowest BCUT2D eigenvalue weighted by molar-refractivity contribution is -0.122. The second-order valence-corrected chi connectivity index (χ2v) is 12.1. The lowest BCUT2D eigenvalue weighted by Crippen LogP contribution is -2.40. The van der Waals surface area contributed by atoms with E-state index >= 15 is 0 Å². The third-order valence-corrected chi connectivity index (χ3v) is 9.35. The van der Waals surface area contributed by atoms with Crippen LogP contribution in [0.1, 0.15) is 38.2 Å². The summed E-state index contributed by atoms with van der Waals surface area (Å²) in [5.74, 6) is -0.0852. The maximum absolute atomic E-state index is 13.1. The van der Waals surface area contributed by atoms with Gasteiger partial charge in [-0.25, -0.2) is 8.42 Å². The molecule has 0 radical (unpaired) electrons. The highest BCUT2D eigenvalue weighted by Gasteiger charge is 2.32. The van der Waals surface area contributed by atoms with Crippen LogP contribution < -0.4 is 4.80 Å². The van der Waals surface area contributed by atoms with Crippen LogP contribution in [0.3, 0.4) is 0 Å². The SMILES string of the molecule is C=CCn1c(=NC(=O)C2CCN(S(=O)(=O)c3ccc(Cl)cc3)CC2)sc2cc(C(C)C)ccc21. The molecule has 34 heavy (non-hydrogen) atoms. The summed E-state index contributed by atoms with van der Waals surface area (Å²) < 4.78 is 30.4. The van der Waals surface area contributed by atoms with E-state index in [2.05, 4.69) is 43.6 Å². The van der Waals surface area contributed by atoms with Crippen molar-refractivity contribution in [3.05, 3.63) is 70.5 Å². The zero-order valence-corrected chi connectivity index (χ0v) is 21.7. The largest absolute Gasteiger partial charge is 0.313 e. The number of carbonyl (C=O) groups is 1. The molecule has 0 bridgehead atoms. The lowest BCUT2D eigenvalue weighted by Gasteiger charge is -2.29. The Morgan fingerprint density at radius 3 is 2.50 bits per heavy atom. The molecule has 180 valence electrons. The Morgan fingerprint density at radius 2 is 1.88 bits per heavy atom. The maximum Gasteiger partial charge on any atom is 0.251 e. The van der Waals surface area contributed by atoms with Crippen molar-refractivity contribution in [2.24, 2.45) is 10.9 Å². The lowest BCUT2D eigenvalue weighted by atomic mass is 9.98. The van der Waals surface area contributed by atoms with Crippen LogP contribution in [0.5, 0.6) is 0 Å². The molecule has 2 heterocycles. The molecule has 9 heteroatoms. The number of rotatable bonds is 6. The Balaban J connectivity index is 1.54. The van der Waals surface area contributed by atoms with Crippen molar-refractivity contribution in [3.63, 3.8) is 0 Å². The molecule has 1 aromatic heterocycles. The highest BCUT2D eigenvalue weighted by atomic mass is 35.5. The maximum atomic E-state index is 13.1. The Labute approximate surface area is 209 Å². The quantitative estimate of drug-likeness (QED) is 0.422. The molecule has 0 N–H and O–H groups in total. The number of carbonyl (C=O) groups excluding carboxylic acids is 1. The number of amides is 1. The van der Waals surface area contributed by atoms with E-state index in [9.17, 15) is 13.2 Å². The van der Waals surface area contributed by atoms with Gasteiger partial charge in [-0.1, -0.05) is 48.9 Å². The van der Waals surface area contributed by atoms with E-state index in [1.54, 1.807) is 18.2 Å². The third kappa shape index (κ3) is 5.05. The minimum absolute atomic E-state index is 0.197. The summed E-state index contributed by atoms with van der Waals surface area (Å²) in [6.07, 6.45) is 2.68. The molecule has 1 amide bonds. The molecular weight excluding hydrogens is 490 g/mol. The number of halogens is 1. The first-order valence-corrected chi connectivity index (χ1v) is 13.9. The summed E-state index contributed by atoms with van der Waals surface area (Å²) in [5.41, 5.74) is 2.27. The van der Waals surface area contributed by atoms with E-state index in [0.717, 1.165) is 10.2 Å². The van der Waals surface area contributed by atoms with Crippen LogP contribution in [0, 0.1) is 5.92 Å². The van der Waals surface area contributed by atoms with Gasteiger partial charge in [0, 0.05) is 30.6 Å². The minimum atomic E-state index is -3.61. The summed E-state index contributed by atoms with van der Waals surface area (Å²) >= 11 is 7.39. The van der Waals surface area contributed by atoms with Crippen LogP contribution >= 0.6 is 22.9 Å². The fraction of sp³-hybridized carbons (Fsp3) is 0.360. The Morgan fingerprint density at radius 1 is 1.21 bits per heavy atom. The van der Waals surface area contributed by atoms with Gasteiger partial charge in [0.25, 0.3) is 5.91 Å². The number of thiazole rings is 1. The number of aromatic nitrogens is 1. The smallest absolute Gasteiger partial charge is 0.251 e. The number of allylic oxidation sites excluding steroid dienone is 1. The summed E-state index contributed by atoms with van der Waals surface area (Å²) in [4.78, 5) is 18.4. The standard InChI is InChI=1S/C25H28ClN3O3S2/c1-4-13-29-22-10-5-19(17(2)3)16-23(22)33-25(29)27-24(30)18-11-14-28(15-12-18)34(31,32)21-8-6-20(26)7-9-21/h4-10,16-18H,1,11-15H2,2-3H3. The van der Waals surface area contributed by atoms with Crippen molar-refractivity contribution in [1.29, 1.82) is 0 Å². The van der Waals surface area contributed by atoms with Crippen molar-refractivity contribution in [1.82, 2.24) is 8.87 Å². The van der Waals surface area contributed by atoms with Crippen molar-refractivity contribution >= 4 is 49.1 Å². The summed E-state index contributed by atoms with van der Waals surface area (Å²) in [5, 5.41) is 0.486. The van der Waals surface area contributed by atoms with E-state index in [-0.39, 0.29) is 29.8 Å². The average Bonchev–Trinajstić information content (AvgIpc) is 3.15. The molecule has 1 aliphatic heterocycles. The van der Waals surface area contributed by atoms with Gasteiger partial charge >= 0.3 is 0 Å². The Kier molecular flexibility index (Phi) is 7.42. The second kappa shape index (κ2) is 10.2. The number of nitrogens with zero attached hydrogens (tertiary/aromatic N) is 3. The van der Waals surface area contributed by atoms with Crippen molar-refractivity contribution in [3.8, 4) is 0 Å². The topological polar surface area (TPSA) is 71.7 Å². The first kappa shape index (κ1) is 24.9. The molecule has 1 fully saturated rings. The number of piperidine rings is 1. The first-order valence-electron chi connectivity index (χ1n) is 11.3. The van der Waals surface area contributed by atoms with E-state index in [0.29, 0.717) is 35.1 Å². The van der Waals surface area contributed by atoms with Gasteiger partial charge in [0.1, 0.15) is 0 Å². The molecule has 2 aromatic carbocycles. The van der Waals surface area contributed by atoms with Gasteiger partial charge in [0.05, 0.1) is 15.1 Å². The van der Waals surface area contributed by atoms with E-state index in [4.69, 9.17) is 11.6 Å². The van der Waals surface area contributed by atoms with E-state index in [1.807, 2.05) is 4.57 Å². The number of fused-ring (bicyclic) bond motifs is 1. The summed E-state index contributed by atoms with van der Waals surface area (Å²) in [7, 11) is -3.61. The summed E-state index contributed by atoms with van der Waals surface area (Å²) in [6.45, 7) is 9.29. The number of sulfonamides is 1. The Hall–Kier alpha value is -2.26. The molecule has 3 aromatic rings. The fourth-order valence-electron chi connectivity index (χ4n) is 4.12. The van der Waals surface area contributed by atoms with Crippen LogP contribution in [0.2, 0.25) is 5.02 Å². The predicted molar refractivity (Wildman–Crippen MR) is 138 cm³/mol. The third-order valence-electron chi connectivity index (χ3n) is 6.15. The van der Waals surface area contributed by atoms with Crippen LogP contribution in [0.4, 0.5) is 0 Å². The number of benzene rings is 2. The van der Waals surface area contributed by atoms with Gasteiger partial charge in [-0.2, -0.15) is 9.30 Å². The van der Waals surface area contributed by atoms with Gasteiger partial charge in [-0.3, -0.25) is 4.79 Å². The van der Waals surface area contributed by atoms with Crippen molar-refractivity contribution in [2.75, 3.05) is 13.1 Å². The predicted octanol–water partition coefficient (Wildman–Crippen LogP) is 5.19. The molecule has 0 aliphatic carbocycles. The van der Waals surface area contributed by atoms with Crippen LogP contribution in [0.15, 0.2) is 65.0 Å². The van der Waals surface area contributed by atoms with Crippen molar-refractivity contribution in [2.45, 2.75) is 44.0 Å². The number of hydrogen-bond acceptors (Lipinski definition) is 4. The molecular formula is C25H28ClN3O3S2. The average molecular weight is 518 g/mol. The first-order chi connectivity index (χ1) is 16.2. The molecule has 0 saturated carbocycles. The zero-order chi connectivity index (χ0) is 24.5. The normalized spacial score (nSPS) is 16.4. The van der Waals surface area contributed by atoms with Crippen molar-refractivity contribution < 1.29 is 13.2 Å². The molecule has 1 saturated heterocycles. The van der Waals surface area contributed by atoms with Crippen LogP contribution in [-0.2, 0) is 21.4 Å². The molecule has 6 nitrogen and oxygen atoms in total. The van der Waals surface area contributed by atoms with Crippen LogP contribution in [0.25, 0.3) is 10.2 Å². The molecule has 1 aliphatic rings. The Bertz CT molecular complexity index is 1380. The highest BCUT2D eigenvalue weighted by Crippen LogP contribution is 2.26.